The monoisotopic (exact) mass is 320 g/mol. The van der Waals surface area contributed by atoms with Crippen molar-refractivity contribution in [2.75, 3.05) is 5.01 Å². The molecule has 0 unspecified atom stereocenters. The topological polar surface area (TPSA) is 63.4 Å². The molecule has 2 N–H and O–H groups in total. The van der Waals surface area contributed by atoms with Crippen molar-refractivity contribution in [2.45, 2.75) is 38.1 Å². The smallest absolute Gasteiger partial charge is 0.196 e. The molecule has 4 rings (SSSR count). The van der Waals surface area contributed by atoms with Crippen LogP contribution in [0.25, 0.3) is 0 Å². The average molecular weight is 320 g/mol. The summed E-state index contributed by atoms with van der Waals surface area (Å²) in [5.74, 6) is 6.18. The van der Waals surface area contributed by atoms with Gasteiger partial charge in [0.2, 0.25) is 0 Å². The molecule has 1 saturated carbocycles. The molecule has 4 nitrogen and oxygen atoms in total. The van der Waals surface area contributed by atoms with Crippen LogP contribution in [0, 0.1) is 0 Å². The van der Waals surface area contributed by atoms with Gasteiger partial charge in [0.25, 0.3) is 0 Å². The summed E-state index contributed by atoms with van der Waals surface area (Å²) >= 11 is 0. The van der Waals surface area contributed by atoms with E-state index in [1.807, 2.05) is 12.1 Å². The maximum absolute atomic E-state index is 13.0. The van der Waals surface area contributed by atoms with Crippen LogP contribution in [0.15, 0.2) is 42.5 Å². The van der Waals surface area contributed by atoms with Crippen molar-refractivity contribution >= 4 is 17.3 Å². The molecule has 0 atom stereocenters. The van der Waals surface area contributed by atoms with Gasteiger partial charge in [-0.05, 0) is 18.9 Å². The highest BCUT2D eigenvalue weighted by atomic mass is 16.1. The summed E-state index contributed by atoms with van der Waals surface area (Å²) in [6.07, 6.45) is 5.60. The summed E-state index contributed by atoms with van der Waals surface area (Å²) in [5.41, 5.74) is 2.54. The van der Waals surface area contributed by atoms with Crippen LogP contribution in [0.2, 0.25) is 0 Å². The van der Waals surface area contributed by atoms with Crippen molar-refractivity contribution in [1.29, 1.82) is 0 Å². The summed E-state index contributed by atoms with van der Waals surface area (Å²) in [7, 11) is 0. The van der Waals surface area contributed by atoms with Crippen LogP contribution in [0.1, 0.15) is 63.9 Å². The molecule has 0 aromatic heterocycles. The molecule has 2 aliphatic carbocycles. The van der Waals surface area contributed by atoms with E-state index in [1.54, 1.807) is 35.3 Å². The normalized spacial score (nSPS) is 17.4. The number of hydrazine groups is 1. The molecule has 0 saturated heterocycles. The van der Waals surface area contributed by atoms with Gasteiger partial charge in [0.15, 0.2) is 11.6 Å². The molecule has 2 aliphatic rings. The van der Waals surface area contributed by atoms with Crippen molar-refractivity contribution in [3.63, 3.8) is 0 Å². The standard InChI is InChI=1S/C20H20N2O2/c21-22(13-7-2-1-3-8-13)17-12-6-11-16-18(17)20(24)15-10-5-4-9-14(15)19(16)23/h4-6,9-13H,1-3,7-8,21H2. The van der Waals surface area contributed by atoms with Gasteiger partial charge in [-0.15, -0.1) is 0 Å². The third-order valence-corrected chi connectivity index (χ3v) is 5.18. The van der Waals surface area contributed by atoms with Crippen LogP contribution < -0.4 is 10.9 Å². The van der Waals surface area contributed by atoms with Crippen LogP contribution >= 0.6 is 0 Å². The third kappa shape index (κ3) is 2.26. The number of carbonyl (C=O) groups is 2. The highest BCUT2D eigenvalue weighted by Gasteiger charge is 2.33. The number of ketones is 2. The van der Waals surface area contributed by atoms with Crippen LogP contribution in [0.5, 0.6) is 0 Å². The lowest BCUT2D eigenvalue weighted by Gasteiger charge is -2.34. The Bertz CT molecular complexity index is 822. The minimum Gasteiger partial charge on any atom is -0.307 e. The molecule has 0 bridgehead atoms. The number of anilines is 1. The Labute approximate surface area is 141 Å². The van der Waals surface area contributed by atoms with Crippen LogP contribution in [-0.4, -0.2) is 17.6 Å². The Morgan fingerprint density at radius 1 is 0.792 bits per heavy atom. The number of hydrogen-bond acceptors (Lipinski definition) is 4. The molecule has 2 aromatic carbocycles. The average Bonchev–Trinajstić information content (AvgIpc) is 2.65. The fourth-order valence-corrected chi connectivity index (χ4v) is 3.90. The van der Waals surface area contributed by atoms with E-state index in [-0.39, 0.29) is 17.6 Å². The molecule has 1 fully saturated rings. The van der Waals surface area contributed by atoms with Crippen LogP contribution in [0.4, 0.5) is 5.69 Å². The van der Waals surface area contributed by atoms with Gasteiger partial charge in [-0.3, -0.25) is 9.59 Å². The first-order valence-electron chi connectivity index (χ1n) is 8.54. The van der Waals surface area contributed by atoms with Gasteiger partial charge in [-0.1, -0.05) is 55.7 Å². The lowest BCUT2D eigenvalue weighted by atomic mass is 9.83. The summed E-state index contributed by atoms with van der Waals surface area (Å²) < 4.78 is 0. The minimum atomic E-state index is -0.109. The van der Waals surface area contributed by atoms with Gasteiger partial charge in [0.1, 0.15) is 0 Å². The number of nitrogens with zero attached hydrogens (tertiary/aromatic N) is 1. The van der Waals surface area contributed by atoms with E-state index < -0.39 is 0 Å². The van der Waals surface area contributed by atoms with Gasteiger partial charge < -0.3 is 5.01 Å². The Balaban J connectivity index is 1.82. The summed E-state index contributed by atoms with van der Waals surface area (Å²) in [6.45, 7) is 0. The molecule has 122 valence electrons. The largest absolute Gasteiger partial charge is 0.307 e. The molecule has 2 aromatic rings. The first kappa shape index (κ1) is 15.1. The number of rotatable bonds is 2. The van der Waals surface area contributed by atoms with Gasteiger partial charge in [0, 0.05) is 22.7 Å². The predicted molar refractivity (Wildman–Crippen MR) is 93.3 cm³/mol. The van der Waals surface area contributed by atoms with Gasteiger partial charge in [-0.25, -0.2) is 5.84 Å². The highest BCUT2D eigenvalue weighted by molar-refractivity contribution is 6.30. The Hall–Kier alpha value is -2.46. The van der Waals surface area contributed by atoms with E-state index in [2.05, 4.69) is 0 Å². The lowest BCUT2D eigenvalue weighted by molar-refractivity contribution is 0.0979. The zero-order chi connectivity index (χ0) is 16.7. The number of fused-ring (bicyclic) bond motifs is 2. The van der Waals surface area contributed by atoms with Gasteiger partial charge in [0.05, 0.1) is 11.3 Å². The molecular formula is C20H20N2O2. The van der Waals surface area contributed by atoms with Crippen LogP contribution in [0.3, 0.4) is 0 Å². The molecule has 0 aliphatic heterocycles. The number of nitrogens with two attached hydrogens (primary N) is 1. The first-order chi connectivity index (χ1) is 11.7. The second kappa shape index (κ2) is 5.87. The second-order valence-corrected chi connectivity index (χ2v) is 6.60. The Kier molecular flexibility index (Phi) is 3.69. The van der Waals surface area contributed by atoms with E-state index in [4.69, 9.17) is 5.84 Å². The number of benzene rings is 2. The maximum atomic E-state index is 13.0. The van der Waals surface area contributed by atoms with Crippen molar-refractivity contribution < 1.29 is 9.59 Å². The molecule has 0 radical (unpaired) electrons. The zero-order valence-electron chi connectivity index (χ0n) is 13.5. The first-order valence-corrected chi connectivity index (χ1v) is 8.54. The van der Waals surface area contributed by atoms with E-state index >= 15 is 0 Å². The van der Waals surface area contributed by atoms with Gasteiger partial charge >= 0.3 is 0 Å². The van der Waals surface area contributed by atoms with E-state index in [9.17, 15) is 9.59 Å². The Morgan fingerprint density at radius 3 is 2.12 bits per heavy atom. The summed E-state index contributed by atoms with van der Waals surface area (Å²) in [6, 6.07) is 12.6. The third-order valence-electron chi connectivity index (χ3n) is 5.18. The van der Waals surface area contributed by atoms with E-state index in [0.717, 1.165) is 25.7 Å². The fourth-order valence-electron chi connectivity index (χ4n) is 3.90. The van der Waals surface area contributed by atoms with Crippen molar-refractivity contribution in [1.82, 2.24) is 0 Å². The SMILES string of the molecule is NN(c1cccc2c1C(=O)c1ccccc1C2=O)C1CCCCC1. The quantitative estimate of drug-likeness (QED) is 0.580. The summed E-state index contributed by atoms with van der Waals surface area (Å²) in [5, 5.41) is 1.72. The lowest BCUT2D eigenvalue weighted by Crippen LogP contribution is -2.43. The van der Waals surface area contributed by atoms with E-state index in [0.29, 0.717) is 27.9 Å². The van der Waals surface area contributed by atoms with Gasteiger partial charge in [-0.2, -0.15) is 0 Å². The second-order valence-electron chi connectivity index (χ2n) is 6.60. The maximum Gasteiger partial charge on any atom is 0.196 e. The van der Waals surface area contributed by atoms with Crippen molar-refractivity contribution in [3.8, 4) is 0 Å². The number of hydrogen-bond donors (Lipinski definition) is 1. The molecule has 0 heterocycles. The van der Waals surface area contributed by atoms with Crippen molar-refractivity contribution in [2.24, 2.45) is 5.84 Å². The Morgan fingerprint density at radius 2 is 1.42 bits per heavy atom. The predicted octanol–water partition coefficient (Wildman–Crippen LogP) is 3.47. The van der Waals surface area contributed by atoms with Crippen LogP contribution in [-0.2, 0) is 0 Å². The molecule has 0 amide bonds. The molecule has 24 heavy (non-hydrogen) atoms. The van der Waals surface area contributed by atoms with Crippen molar-refractivity contribution in [3.05, 3.63) is 64.7 Å². The highest BCUT2D eigenvalue weighted by Crippen LogP contribution is 2.35. The van der Waals surface area contributed by atoms with E-state index in [1.165, 1.54) is 6.42 Å². The number of carbonyl (C=O) groups excluding carboxylic acids is 2. The summed E-state index contributed by atoms with van der Waals surface area (Å²) in [4.78, 5) is 25.8. The minimum absolute atomic E-state index is 0.0981. The molecular weight excluding hydrogens is 300 g/mol. The molecule has 0 spiro atoms. The zero-order valence-corrected chi connectivity index (χ0v) is 13.5. The fraction of sp³-hybridized carbons (Fsp3) is 0.300. The molecule has 4 heteroatoms.